The molecule has 2 rings (SSSR count). The summed E-state index contributed by atoms with van der Waals surface area (Å²) in [6, 6.07) is 3.50. The van der Waals surface area contributed by atoms with E-state index in [1.807, 2.05) is 0 Å². The topological polar surface area (TPSA) is 30.5 Å². The van der Waals surface area contributed by atoms with E-state index in [-0.39, 0.29) is 5.82 Å². The summed E-state index contributed by atoms with van der Waals surface area (Å²) in [4.78, 5) is 0. The largest absolute Gasteiger partial charge is 0.497 e. The van der Waals surface area contributed by atoms with E-state index in [1.165, 1.54) is 26.0 Å². The highest BCUT2D eigenvalue weighted by Gasteiger charge is 2.19. The zero-order valence-electron chi connectivity index (χ0n) is 11.0. The van der Waals surface area contributed by atoms with E-state index in [1.54, 1.807) is 13.2 Å². The Morgan fingerprint density at radius 3 is 2.72 bits per heavy atom. The molecule has 4 heteroatoms. The van der Waals surface area contributed by atoms with Crippen LogP contribution in [0.5, 0.6) is 11.5 Å². The summed E-state index contributed by atoms with van der Waals surface area (Å²) in [6.07, 6.45) is 4.17. The van der Waals surface area contributed by atoms with Crippen LogP contribution < -0.4 is 14.8 Å². The van der Waals surface area contributed by atoms with Crippen LogP contribution in [0.4, 0.5) is 4.39 Å². The summed E-state index contributed by atoms with van der Waals surface area (Å²) in [5, 5.41) is 3.42. The van der Waals surface area contributed by atoms with E-state index in [4.69, 9.17) is 9.47 Å². The number of ether oxygens (including phenoxy) is 2. The van der Waals surface area contributed by atoms with Crippen LogP contribution in [-0.2, 0) is 6.42 Å². The van der Waals surface area contributed by atoms with Gasteiger partial charge in [-0.2, -0.15) is 0 Å². The monoisotopic (exact) mass is 253 g/mol. The molecule has 0 aromatic heterocycles. The van der Waals surface area contributed by atoms with Crippen molar-refractivity contribution >= 4 is 0 Å². The molecule has 1 N–H and O–H groups in total. The summed E-state index contributed by atoms with van der Waals surface area (Å²) in [5.74, 6) is 0.808. The quantitative estimate of drug-likeness (QED) is 0.894. The molecule has 1 atom stereocenters. The third kappa shape index (κ3) is 2.93. The third-order valence-electron chi connectivity index (χ3n) is 3.45. The van der Waals surface area contributed by atoms with Crippen molar-refractivity contribution < 1.29 is 13.9 Å². The van der Waals surface area contributed by atoms with Gasteiger partial charge >= 0.3 is 0 Å². The Morgan fingerprint density at radius 1 is 1.28 bits per heavy atom. The smallest absolute Gasteiger partial charge is 0.133 e. The number of nitrogens with one attached hydrogen (secondary N) is 1. The van der Waals surface area contributed by atoms with Crippen LogP contribution in [-0.4, -0.2) is 26.8 Å². The molecule has 1 fully saturated rings. The van der Waals surface area contributed by atoms with Crippen LogP contribution in [0.15, 0.2) is 12.1 Å². The van der Waals surface area contributed by atoms with Crippen molar-refractivity contribution in [3.63, 3.8) is 0 Å². The Morgan fingerprint density at radius 2 is 2.11 bits per heavy atom. The van der Waals surface area contributed by atoms with Gasteiger partial charge in [-0.05, 0) is 25.8 Å². The second-order valence-corrected chi connectivity index (χ2v) is 4.64. The Bertz CT molecular complexity index is 403. The van der Waals surface area contributed by atoms with Crippen molar-refractivity contribution in [3.05, 3.63) is 23.5 Å². The van der Waals surface area contributed by atoms with Crippen molar-refractivity contribution in [2.45, 2.75) is 31.7 Å². The summed E-state index contributed by atoms with van der Waals surface area (Å²) in [7, 11) is 3.09. The molecule has 1 heterocycles. The van der Waals surface area contributed by atoms with Gasteiger partial charge in [-0.3, -0.25) is 0 Å². The third-order valence-corrected chi connectivity index (χ3v) is 3.45. The summed E-state index contributed by atoms with van der Waals surface area (Å²) < 4.78 is 24.4. The van der Waals surface area contributed by atoms with Crippen LogP contribution in [0, 0.1) is 5.82 Å². The lowest BCUT2D eigenvalue weighted by Gasteiger charge is -2.24. The van der Waals surface area contributed by atoms with E-state index in [0.717, 1.165) is 13.0 Å². The van der Waals surface area contributed by atoms with Crippen molar-refractivity contribution in [2.75, 3.05) is 20.8 Å². The fourth-order valence-electron chi connectivity index (χ4n) is 2.43. The predicted octanol–water partition coefficient (Wildman–Crippen LogP) is 2.53. The molecule has 1 aromatic rings. The van der Waals surface area contributed by atoms with E-state index >= 15 is 0 Å². The highest BCUT2D eigenvalue weighted by Crippen LogP contribution is 2.29. The molecule has 18 heavy (non-hydrogen) atoms. The average Bonchev–Trinajstić information content (AvgIpc) is 2.42. The van der Waals surface area contributed by atoms with Crippen LogP contribution in [0.1, 0.15) is 24.8 Å². The van der Waals surface area contributed by atoms with Crippen LogP contribution in [0.3, 0.4) is 0 Å². The molecule has 0 saturated carbocycles. The molecule has 0 radical (unpaired) electrons. The first-order valence-corrected chi connectivity index (χ1v) is 6.38. The molecule has 0 aliphatic carbocycles. The lowest BCUT2D eigenvalue weighted by atomic mass is 9.97. The number of benzene rings is 1. The Hall–Kier alpha value is -1.29. The van der Waals surface area contributed by atoms with Gasteiger partial charge in [0.05, 0.1) is 14.2 Å². The molecule has 0 bridgehead atoms. The number of halogens is 1. The number of piperidine rings is 1. The molecule has 1 saturated heterocycles. The zero-order valence-corrected chi connectivity index (χ0v) is 11.0. The Labute approximate surface area is 107 Å². The molecule has 3 nitrogen and oxygen atoms in total. The van der Waals surface area contributed by atoms with Gasteiger partial charge in [0.2, 0.25) is 0 Å². The molecule has 1 aliphatic heterocycles. The van der Waals surface area contributed by atoms with Gasteiger partial charge in [0.1, 0.15) is 17.3 Å². The van der Waals surface area contributed by atoms with E-state index in [0.29, 0.717) is 29.5 Å². The van der Waals surface area contributed by atoms with Crippen molar-refractivity contribution in [1.29, 1.82) is 0 Å². The van der Waals surface area contributed by atoms with Gasteiger partial charge in [-0.25, -0.2) is 4.39 Å². The van der Waals surface area contributed by atoms with Gasteiger partial charge < -0.3 is 14.8 Å². The van der Waals surface area contributed by atoms with Gasteiger partial charge in [0.15, 0.2) is 0 Å². The van der Waals surface area contributed by atoms with Gasteiger partial charge in [-0.1, -0.05) is 6.42 Å². The summed E-state index contributed by atoms with van der Waals surface area (Å²) in [5.41, 5.74) is 0.637. The fraction of sp³-hybridized carbons (Fsp3) is 0.571. The van der Waals surface area contributed by atoms with E-state index < -0.39 is 0 Å². The van der Waals surface area contributed by atoms with Crippen molar-refractivity contribution in [2.24, 2.45) is 0 Å². The molecular weight excluding hydrogens is 233 g/mol. The van der Waals surface area contributed by atoms with Gasteiger partial charge in [0.25, 0.3) is 0 Å². The predicted molar refractivity (Wildman–Crippen MR) is 68.8 cm³/mol. The second-order valence-electron chi connectivity index (χ2n) is 4.64. The molecule has 0 spiro atoms. The lowest BCUT2D eigenvalue weighted by Crippen LogP contribution is -2.35. The van der Waals surface area contributed by atoms with Crippen LogP contribution in [0.25, 0.3) is 0 Å². The first-order valence-electron chi connectivity index (χ1n) is 6.38. The summed E-state index contributed by atoms with van der Waals surface area (Å²) in [6.45, 7) is 1.02. The minimum absolute atomic E-state index is 0.251. The maximum absolute atomic E-state index is 14.1. The molecule has 100 valence electrons. The maximum atomic E-state index is 14.1. The number of rotatable bonds is 4. The molecule has 0 amide bonds. The fourth-order valence-corrected chi connectivity index (χ4v) is 2.43. The zero-order chi connectivity index (χ0) is 13.0. The Balaban J connectivity index is 2.19. The highest BCUT2D eigenvalue weighted by atomic mass is 19.1. The first kappa shape index (κ1) is 13.1. The van der Waals surface area contributed by atoms with Gasteiger partial charge in [-0.15, -0.1) is 0 Å². The molecule has 1 aromatic carbocycles. The normalized spacial score (nSPS) is 19.6. The SMILES string of the molecule is COc1cc(F)c(CC2CCCCN2)c(OC)c1. The van der Waals surface area contributed by atoms with Gasteiger partial charge in [0, 0.05) is 23.7 Å². The number of methoxy groups -OCH3 is 2. The highest BCUT2D eigenvalue weighted by molar-refractivity contribution is 5.42. The molecule has 1 unspecified atom stereocenters. The number of hydrogen-bond donors (Lipinski definition) is 1. The first-order chi connectivity index (χ1) is 8.74. The van der Waals surface area contributed by atoms with E-state index in [9.17, 15) is 4.39 Å². The average molecular weight is 253 g/mol. The standard InChI is InChI=1S/C14H20FNO2/c1-17-11-8-13(15)12(14(9-11)18-2)7-10-5-3-4-6-16-10/h8-10,16H,3-7H2,1-2H3. The van der Waals surface area contributed by atoms with E-state index in [2.05, 4.69) is 5.32 Å². The maximum Gasteiger partial charge on any atom is 0.133 e. The minimum atomic E-state index is -0.251. The number of hydrogen-bond acceptors (Lipinski definition) is 3. The second kappa shape index (κ2) is 6.05. The minimum Gasteiger partial charge on any atom is -0.497 e. The lowest BCUT2D eigenvalue weighted by molar-refractivity contribution is 0.366. The summed E-state index contributed by atoms with van der Waals surface area (Å²) >= 11 is 0. The van der Waals surface area contributed by atoms with Crippen LogP contribution >= 0.6 is 0 Å². The Kier molecular flexibility index (Phi) is 4.42. The molecule has 1 aliphatic rings. The molecular formula is C14H20FNO2. The van der Waals surface area contributed by atoms with Crippen molar-refractivity contribution in [1.82, 2.24) is 5.32 Å². The van der Waals surface area contributed by atoms with Crippen LogP contribution in [0.2, 0.25) is 0 Å². The van der Waals surface area contributed by atoms with Crippen molar-refractivity contribution in [3.8, 4) is 11.5 Å².